The molecule has 23 heavy (non-hydrogen) atoms. The van der Waals surface area contributed by atoms with Crippen molar-refractivity contribution in [3.63, 3.8) is 0 Å². The van der Waals surface area contributed by atoms with Gasteiger partial charge in [-0.15, -0.1) is 6.42 Å². The Morgan fingerprint density at radius 3 is 2.96 bits per heavy atom. The normalized spacial score (nSPS) is 13.3. The first-order valence-corrected chi connectivity index (χ1v) is 8.29. The van der Waals surface area contributed by atoms with Crippen molar-refractivity contribution in [3.05, 3.63) is 42.0 Å². The number of hydrogen-bond donors (Lipinski definition) is 2. The molecule has 0 radical (unpaired) electrons. The highest BCUT2D eigenvalue weighted by Gasteiger charge is 2.21. The zero-order valence-electron chi connectivity index (χ0n) is 13.0. The van der Waals surface area contributed by atoms with Crippen molar-refractivity contribution in [2.45, 2.75) is 25.3 Å². The smallest absolute Gasteiger partial charge is 0.166 e. The molecule has 2 N–H and O–H groups in total. The monoisotopic (exact) mass is 324 g/mol. The highest BCUT2D eigenvalue weighted by atomic mass is 32.1. The summed E-state index contributed by atoms with van der Waals surface area (Å²) >= 11 is 5.29. The van der Waals surface area contributed by atoms with Crippen LogP contribution in [0.15, 0.2) is 36.4 Å². The number of ether oxygens (including phenoxy) is 1. The molecule has 4 heteroatoms. The molecule has 0 atom stereocenters. The van der Waals surface area contributed by atoms with Crippen LogP contribution in [0.4, 0.5) is 0 Å². The molecule has 0 spiro atoms. The summed E-state index contributed by atoms with van der Waals surface area (Å²) in [5.41, 5.74) is 1.27. The second-order valence-electron chi connectivity index (χ2n) is 5.72. The Kier molecular flexibility index (Phi) is 4.99. The first-order valence-electron chi connectivity index (χ1n) is 7.88. The molecular weight excluding hydrogens is 304 g/mol. The number of benzene rings is 2. The van der Waals surface area contributed by atoms with Gasteiger partial charge in [0, 0.05) is 12.6 Å². The molecule has 0 unspecified atom stereocenters. The molecule has 0 aromatic heterocycles. The van der Waals surface area contributed by atoms with E-state index >= 15 is 0 Å². The van der Waals surface area contributed by atoms with E-state index in [4.69, 9.17) is 23.4 Å². The lowest BCUT2D eigenvalue weighted by Gasteiger charge is -2.12. The molecule has 2 aromatic carbocycles. The highest BCUT2D eigenvalue weighted by molar-refractivity contribution is 7.80. The van der Waals surface area contributed by atoms with E-state index in [1.165, 1.54) is 29.2 Å². The minimum atomic E-state index is 0.288. The van der Waals surface area contributed by atoms with E-state index in [2.05, 4.69) is 46.9 Å². The molecular formula is C19H20N2OS. The summed E-state index contributed by atoms with van der Waals surface area (Å²) in [6.07, 6.45) is 8.61. The molecule has 1 aliphatic rings. The summed E-state index contributed by atoms with van der Waals surface area (Å²) in [5.74, 6) is 3.30. The van der Waals surface area contributed by atoms with Gasteiger partial charge in [0.25, 0.3) is 0 Å². The molecule has 0 bridgehead atoms. The van der Waals surface area contributed by atoms with Gasteiger partial charge >= 0.3 is 0 Å². The van der Waals surface area contributed by atoms with E-state index in [0.717, 1.165) is 23.8 Å². The van der Waals surface area contributed by atoms with Crippen LogP contribution in [0.5, 0.6) is 5.75 Å². The summed E-state index contributed by atoms with van der Waals surface area (Å²) in [7, 11) is 0. The van der Waals surface area contributed by atoms with Crippen molar-refractivity contribution >= 4 is 28.1 Å². The predicted octanol–water partition coefficient (Wildman–Crippen LogP) is 3.02. The summed E-state index contributed by atoms with van der Waals surface area (Å²) in [5, 5.41) is 9.73. The average molecular weight is 324 g/mol. The van der Waals surface area contributed by atoms with Gasteiger partial charge in [0.1, 0.15) is 12.4 Å². The zero-order chi connectivity index (χ0) is 16.1. The molecule has 1 aliphatic carbocycles. The Morgan fingerprint density at radius 1 is 1.30 bits per heavy atom. The van der Waals surface area contributed by atoms with Gasteiger partial charge in [-0.05, 0) is 59.9 Å². The second kappa shape index (κ2) is 7.34. The maximum absolute atomic E-state index is 5.53. The van der Waals surface area contributed by atoms with Gasteiger partial charge < -0.3 is 15.4 Å². The Labute approximate surface area is 142 Å². The van der Waals surface area contributed by atoms with E-state index in [9.17, 15) is 0 Å². The molecule has 1 saturated carbocycles. The minimum absolute atomic E-state index is 0.288. The summed E-state index contributed by atoms with van der Waals surface area (Å²) in [4.78, 5) is 0. The van der Waals surface area contributed by atoms with Gasteiger partial charge in [0.05, 0.1) is 0 Å². The molecule has 2 aromatic rings. The van der Waals surface area contributed by atoms with Gasteiger partial charge in [0.2, 0.25) is 0 Å². The van der Waals surface area contributed by atoms with Crippen LogP contribution in [0.3, 0.4) is 0 Å². The third kappa shape index (κ3) is 4.37. The van der Waals surface area contributed by atoms with Gasteiger partial charge in [-0.1, -0.05) is 30.2 Å². The number of rotatable bonds is 6. The standard InChI is InChI=1S/C19H20N2OS/c1-2-12-22-17-9-6-14-4-3-5-15(18(14)13-17)10-11-20-19(23)21-16-7-8-16/h1,3-6,9,13,16H,7-8,10-12H2,(H2,20,21,23). The lowest BCUT2D eigenvalue weighted by Crippen LogP contribution is -2.37. The fraction of sp³-hybridized carbons (Fsp3) is 0.316. The lowest BCUT2D eigenvalue weighted by molar-refractivity contribution is 0.371. The fourth-order valence-electron chi connectivity index (χ4n) is 2.52. The summed E-state index contributed by atoms with van der Waals surface area (Å²) in [6.45, 7) is 1.10. The number of thiocarbonyl (C=S) groups is 1. The van der Waals surface area contributed by atoms with Crippen molar-refractivity contribution in [3.8, 4) is 18.1 Å². The quantitative estimate of drug-likeness (QED) is 0.632. The Morgan fingerprint density at radius 2 is 2.17 bits per heavy atom. The van der Waals surface area contributed by atoms with Gasteiger partial charge in [-0.2, -0.15) is 0 Å². The van der Waals surface area contributed by atoms with Crippen molar-refractivity contribution < 1.29 is 4.74 Å². The molecule has 0 amide bonds. The molecule has 3 nitrogen and oxygen atoms in total. The third-order valence-corrected chi connectivity index (χ3v) is 4.12. The first-order chi connectivity index (χ1) is 11.3. The molecule has 3 rings (SSSR count). The predicted molar refractivity (Wildman–Crippen MR) is 98.7 cm³/mol. The van der Waals surface area contributed by atoms with Crippen LogP contribution in [0.25, 0.3) is 10.8 Å². The van der Waals surface area contributed by atoms with Crippen LogP contribution in [0.2, 0.25) is 0 Å². The van der Waals surface area contributed by atoms with Crippen LogP contribution < -0.4 is 15.4 Å². The molecule has 118 valence electrons. The number of terminal acetylenes is 1. The molecule has 0 saturated heterocycles. The van der Waals surface area contributed by atoms with Crippen LogP contribution in [0.1, 0.15) is 18.4 Å². The molecule has 1 fully saturated rings. The highest BCUT2D eigenvalue weighted by Crippen LogP contribution is 2.24. The molecule has 0 heterocycles. The Balaban J connectivity index is 1.66. The third-order valence-electron chi connectivity index (χ3n) is 3.86. The van der Waals surface area contributed by atoms with E-state index in [1.807, 2.05) is 6.07 Å². The largest absolute Gasteiger partial charge is 0.481 e. The first kappa shape index (κ1) is 15.6. The van der Waals surface area contributed by atoms with Crippen molar-refractivity contribution in [1.82, 2.24) is 10.6 Å². The van der Waals surface area contributed by atoms with Crippen LogP contribution in [0, 0.1) is 12.3 Å². The van der Waals surface area contributed by atoms with E-state index in [1.54, 1.807) is 0 Å². The van der Waals surface area contributed by atoms with Crippen LogP contribution >= 0.6 is 12.2 Å². The van der Waals surface area contributed by atoms with Crippen molar-refractivity contribution in [2.75, 3.05) is 13.2 Å². The number of nitrogens with one attached hydrogen (secondary N) is 2. The van der Waals surface area contributed by atoms with Gasteiger partial charge in [-0.25, -0.2) is 0 Å². The summed E-state index contributed by atoms with van der Waals surface area (Å²) < 4.78 is 5.53. The van der Waals surface area contributed by atoms with Crippen molar-refractivity contribution in [1.29, 1.82) is 0 Å². The maximum atomic E-state index is 5.53. The maximum Gasteiger partial charge on any atom is 0.166 e. The van der Waals surface area contributed by atoms with E-state index < -0.39 is 0 Å². The van der Waals surface area contributed by atoms with Crippen molar-refractivity contribution in [2.24, 2.45) is 0 Å². The lowest BCUT2D eigenvalue weighted by atomic mass is 10.0. The van der Waals surface area contributed by atoms with Gasteiger partial charge in [0.15, 0.2) is 5.11 Å². The van der Waals surface area contributed by atoms with Crippen LogP contribution in [-0.2, 0) is 6.42 Å². The summed E-state index contributed by atoms with van der Waals surface area (Å²) in [6, 6.07) is 13.0. The van der Waals surface area contributed by atoms with Gasteiger partial charge in [-0.3, -0.25) is 0 Å². The van der Waals surface area contributed by atoms with Crippen LogP contribution in [-0.4, -0.2) is 24.3 Å². The van der Waals surface area contributed by atoms with E-state index in [0.29, 0.717) is 6.04 Å². The molecule has 0 aliphatic heterocycles. The SMILES string of the molecule is C#CCOc1ccc2cccc(CCNC(=S)NC3CC3)c2c1. The minimum Gasteiger partial charge on any atom is -0.481 e. The average Bonchev–Trinajstić information content (AvgIpc) is 3.37. The zero-order valence-corrected chi connectivity index (χ0v) is 13.8. The number of fused-ring (bicyclic) bond motifs is 1. The number of hydrogen-bond acceptors (Lipinski definition) is 2. The second-order valence-corrected chi connectivity index (χ2v) is 6.13. The topological polar surface area (TPSA) is 33.3 Å². The fourth-order valence-corrected chi connectivity index (χ4v) is 2.79. The Hall–Kier alpha value is -2.25. The van der Waals surface area contributed by atoms with E-state index in [-0.39, 0.29) is 6.61 Å². The Bertz CT molecular complexity index is 747.